The van der Waals surface area contributed by atoms with E-state index in [1.165, 1.54) is 0 Å². The summed E-state index contributed by atoms with van der Waals surface area (Å²) in [7, 11) is 1.54. The predicted molar refractivity (Wildman–Crippen MR) is 162 cm³/mol. The predicted octanol–water partition coefficient (Wildman–Crippen LogP) is 7.09. The van der Waals surface area contributed by atoms with E-state index in [-0.39, 0.29) is 23.8 Å². The average molecular weight is 617 g/mol. The SMILES string of the molecule is COc1cc(C2C(C#N)=C(N)Oc3cc(OC(=O)COc4ccc(Cl)cc4C)ccc32)ccc1OCc1ccc(Cl)cc1. The summed E-state index contributed by atoms with van der Waals surface area (Å²) >= 11 is 12.0. The number of allylic oxidation sites excluding steroid dienone is 1. The maximum Gasteiger partial charge on any atom is 0.349 e. The van der Waals surface area contributed by atoms with Crippen molar-refractivity contribution >= 4 is 29.2 Å². The van der Waals surface area contributed by atoms with Crippen molar-refractivity contribution in [3.8, 4) is 34.8 Å². The quantitative estimate of drug-likeness (QED) is 0.157. The summed E-state index contributed by atoms with van der Waals surface area (Å²) in [6.45, 7) is 1.83. The molecule has 0 aromatic heterocycles. The van der Waals surface area contributed by atoms with E-state index >= 15 is 0 Å². The fourth-order valence-electron chi connectivity index (χ4n) is 4.64. The number of methoxy groups -OCH3 is 1. The van der Waals surface area contributed by atoms with Crippen molar-refractivity contribution in [2.75, 3.05) is 13.7 Å². The van der Waals surface area contributed by atoms with Crippen molar-refractivity contribution in [3.63, 3.8) is 0 Å². The summed E-state index contributed by atoms with van der Waals surface area (Å²) in [5.41, 5.74) is 9.55. The van der Waals surface area contributed by atoms with Gasteiger partial charge in [0.1, 0.15) is 35.5 Å². The molecule has 1 atom stereocenters. The molecule has 5 rings (SSSR count). The monoisotopic (exact) mass is 616 g/mol. The van der Waals surface area contributed by atoms with Crippen LogP contribution in [0.3, 0.4) is 0 Å². The van der Waals surface area contributed by atoms with Crippen molar-refractivity contribution in [2.24, 2.45) is 5.73 Å². The molecule has 0 saturated heterocycles. The van der Waals surface area contributed by atoms with Crippen LogP contribution in [-0.2, 0) is 11.4 Å². The molecule has 4 aromatic carbocycles. The number of hydrogen-bond donors (Lipinski definition) is 1. The first-order valence-corrected chi connectivity index (χ1v) is 13.9. The van der Waals surface area contributed by atoms with E-state index in [9.17, 15) is 10.1 Å². The van der Waals surface area contributed by atoms with Crippen molar-refractivity contribution in [1.82, 2.24) is 0 Å². The third-order valence-electron chi connectivity index (χ3n) is 6.73. The van der Waals surface area contributed by atoms with Gasteiger partial charge in [0.15, 0.2) is 18.1 Å². The Bertz CT molecular complexity index is 1750. The van der Waals surface area contributed by atoms with Gasteiger partial charge in [-0.05, 0) is 72.1 Å². The maximum atomic E-state index is 12.5. The minimum absolute atomic E-state index is 0.0490. The second kappa shape index (κ2) is 13.0. The van der Waals surface area contributed by atoms with Crippen LogP contribution >= 0.6 is 23.2 Å². The number of carbonyl (C=O) groups is 1. The van der Waals surface area contributed by atoms with Crippen LogP contribution in [0.4, 0.5) is 0 Å². The number of esters is 1. The largest absolute Gasteiger partial charge is 0.493 e. The smallest absolute Gasteiger partial charge is 0.349 e. The molecule has 4 aromatic rings. The molecule has 43 heavy (non-hydrogen) atoms. The second-order valence-electron chi connectivity index (χ2n) is 9.62. The van der Waals surface area contributed by atoms with Gasteiger partial charge < -0.3 is 29.4 Å². The number of benzene rings is 4. The molecule has 0 aliphatic carbocycles. The zero-order valence-electron chi connectivity index (χ0n) is 23.2. The lowest BCUT2D eigenvalue weighted by Crippen LogP contribution is -2.22. The van der Waals surface area contributed by atoms with Crippen LogP contribution in [0.15, 0.2) is 90.3 Å². The summed E-state index contributed by atoms with van der Waals surface area (Å²) in [4.78, 5) is 12.5. The van der Waals surface area contributed by atoms with E-state index in [1.54, 1.807) is 67.8 Å². The van der Waals surface area contributed by atoms with Gasteiger partial charge in [-0.25, -0.2) is 4.79 Å². The Kier molecular flexibility index (Phi) is 8.96. The molecule has 8 nitrogen and oxygen atoms in total. The lowest BCUT2D eigenvalue weighted by Gasteiger charge is -2.27. The van der Waals surface area contributed by atoms with E-state index in [2.05, 4.69) is 6.07 Å². The Morgan fingerprint density at radius 2 is 1.67 bits per heavy atom. The molecular weight excluding hydrogens is 591 g/mol. The number of rotatable bonds is 9. The first kappa shape index (κ1) is 29.6. The standard InChI is InChI=1S/C33H26Cl2N2O6/c1-19-13-23(35)8-12-27(19)41-18-31(38)42-24-9-10-25-29(15-24)43-33(37)26(16-36)32(25)21-5-11-28(30(14-21)39-2)40-17-20-3-6-22(34)7-4-20/h3-15,32H,17-18,37H2,1-2H3. The molecule has 0 fully saturated rings. The molecule has 10 heteroatoms. The fourth-order valence-corrected chi connectivity index (χ4v) is 4.99. The number of nitrogens with zero attached hydrogens (tertiary/aromatic N) is 1. The summed E-state index contributed by atoms with van der Waals surface area (Å²) in [5, 5.41) is 11.2. The first-order chi connectivity index (χ1) is 20.7. The third kappa shape index (κ3) is 6.81. The summed E-state index contributed by atoms with van der Waals surface area (Å²) < 4.78 is 28.4. The Balaban J connectivity index is 1.35. The van der Waals surface area contributed by atoms with Gasteiger partial charge in [-0.3, -0.25) is 0 Å². The normalized spacial score (nSPS) is 13.8. The number of nitriles is 1. The summed E-state index contributed by atoms with van der Waals surface area (Å²) in [6.07, 6.45) is 0. The minimum Gasteiger partial charge on any atom is -0.493 e. The van der Waals surface area contributed by atoms with Gasteiger partial charge in [-0.2, -0.15) is 5.26 Å². The number of ether oxygens (including phenoxy) is 5. The van der Waals surface area contributed by atoms with Gasteiger partial charge in [-0.15, -0.1) is 0 Å². The van der Waals surface area contributed by atoms with Crippen LogP contribution in [0.1, 0.15) is 28.2 Å². The number of nitrogens with two attached hydrogens (primary N) is 1. The van der Waals surface area contributed by atoms with Crippen LogP contribution in [0, 0.1) is 18.3 Å². The highest BCUT2D eigenvalue weighted by Crippen LogP contribution is 2.45. The van der Waals surface area contributed by atoms with Crippen molar-refractivity contribution in [1.29, 1.82) is 5.26 Å². The third-order valence-corrected chi connectivity index (χ3v) is 7.22. The molecule has 0 radical (unpaired) electrons. The maximum absolute atomic E-state index is 12.5. The molecule has 1 unspecified atom stereocenters. The molecule has 1 aliphatic heterocycles. The number of carbonyl (C=O) groups excluding carboxylic acids is 1. The van der Waals surface area contributed by atoms with E-state index in [0.29, 0.717) is 45.2 Å². The van der Waals surface area contributed by atoms with E-state index in [0.717, 1.165) is 16.7 Å². The molecule has 0 saturated carbocycles. The molecule has 0 spiro atoms. The molecular formula is C33H26Cl2N2O6. The van der Waals surface area contributed by atoms with Gasteiger partial charge in [0, 0.05) is 21.7 Å². The van der Waals surface area contributed by atoms with Gasteiger partial charge in [0.2, 0.25) is 5.88 Å². The molecule has 1 heterocycles. The van der Waals surface area contributed by atoms with Gasteiger partial charge in [0.25, 0.3) is 0 Å². The Morgan fingerprint density at radius 1 is 0.930 bits per heavy atom. The number of halogens is 2. The molecule has 0 bridgehead atoms. The highest BCUT2D eigenvalue weighted by Gasteiger charge is 2.32. The van der Waals surface area contributed by atoms with Gasteiger partial charge >= 0.3 is 5.97 Å². The molecule has 2 N–H and O–H groups in total. The van der Waals surface area contributed by atoms with Crippen LogP contribution in [-0.4, -0.2) is 19.7 Å². The number of fused-ring (bicyclic) bond motifs is 1. The average Bonchev–Trinajstić information content (AvgIpc) is 2.99. The lowest BCUT2D eigenvalue weighted by atomic mass is 9.83. The van der Waals surface area contributed by atoms with Crippen LogP contribution < -0.4 is 29.4 Å². The zero-order valence-corrected chi connectivity index (χ0v) is 24.7. The Morgan fingerprint density at radius 3 is 2.40 bits per heavy atom. The highest BCUT2D eigenvalue weighted by molar-refractivity contribution is 6.30. The highest BCUT2D eigenvalue weighted by atomic mass is 35.5. The van der Waals surface area contributed by atoms with Gasteiger partial charge in [0.05, 0.1) is 13.0 Å². The Labute approximate surface area is 258 Å². The fraction of sp³-hybridized carbons (Fsp3) is 0.152. The number of aryl methyl sites for hydroxylation is 1. The van der Waals surface area contributed by atoms with Crippen molar-refractivity contribution < 1.29 is 28.5 Å². The topological polar surface area (TPSA) is 113 Å². The first-order valence-electron chi connectivity index (χ1n) is 13.1. The minimum atomic E-state index is -0.609. The lowest BCUT2D eigenvalue weighted by molar-refractivity contribution is -0.136. The van der Waals surface area contributed by atoms with Crippen molar-refractivity contribution in [2.45, 2.75) is 19.4 Å². The second-order valence-corrected chi connectivity index (χ2v) is 10.5. The van der Waals surface area contributed by atoms with Crippen LogP contribution in [0.25, 0.3) is 0 Å². The Hall–Kier alpha value is -4.84. The van der Waals surface area contributed by atoms with Crippen LogP contribution in [0.5, 0.6) is 28.7 Å². The number of hydrogen-bond acceptors (Lipinski definition) is 8. The van der Waals surface area contributed by atoms with E-state index in [1.807, 2.05) is 25.1 Å². The zero-order chi connectivity index (χ0) is 30.5. The molecule has 0 amide bonds. The summed E-state index contributed by atoms with van der Waals surface area (Å²) in [5.74, 6) is 0.901. The van der Waals surface area contributed by atoms with E-state index in [4.69, 9.17) is 52.6 Å². The molecule has 218 valence electrons. The van der Waals surface area contributed by atoms with Crippen molar-refractivity contribution in [3.05, 3.63) is 123 Å². The van der Waals surface area contributed by atoms with E-state index < -0.39 is 11.9 Å². The van der Waals surface area contributed by atoms with Crippen LogP contribution in [0.2, 0.25) is 10.0 Å². The summed E-state index contributed by atoms with van der Waals surface area (Å²) in [6, 6.07) is 25.0. The molecule has 1 aliphatic rings. The van der Waals surface area contributed by atoms with Gasteiger partial charge in [-0.1, -0.05) is 47.5 Å².